The van der Waals surface area contributed by atoms with E-state index in [1.165, 1.54) is 5.56 Å². The van der Waals surface area contributed by atoms with Gasteiger partial charge in [-0.2, -0.15) is 0 Å². The molecule has 0 amide bonds. The second-order valence-electron chi connectivity index (χ2n) is 3.91. The maximum absolute atomic E-state index is 10.8. The van der Waals surface area contributed by atoms with Crippen LogP contribution in [0.3, 0.4) is 0 Å². The van der Waals surface area contributed by atoms with Gasteiger partial charge in [-0.05, 0) is 43.5 Å². The highest BCUT2D eigenvalue weighted by molar-refractivity contribution is 5.96. The van der Waals surface area contributed by atoms with Gasteiger partial charge in [-0.1, -0.05) is 6.07 Å². The molecule has 0 bridgehead atoms. The predicted molar refractivity (Wildman–Crippen MR) is 59.5 cm³/mol. The molecular weight excluding hydrogens is 190 g/mol. The first-order chi connectivity index (χ1) is 7.00. The molecule has 0 atom stereocenters. The molecule has 15 heavy (non-hydrogen) atoms. The van der Waals surface area contributed by atoms with E-state index in [4.69, 9.17) is 5.11 Å². The highest BCUT2D eigenvalue weighted by Gasteiger charge is 2.11. The Morgan fingerprint density at radius 1 is 1.20 bits per heavy atom. The molecule has 78 valence electrons. The third-order valence-corrected chi connectivity index (χ3v) is 2.87. The number of aryl methyl sites for hydroxylation is 3. The summed E-state index contributed by atoms with van der Waals surface area (Å²) in [7, 11) is 0. The zero-order valence-electron chi connectivity index (χ0n) is 9.01. The fourth-order valence-electron chi connectivity index (χ4n) is 1.88. The molecule has 1 aromatic heterocycles. The summed E-state index contributed by atoms with van der Waals surface area (Å²) in [4.78, 5) is 13.8. The largest absolute Gasteiger partial charge is 0.477 e. The quantitative estimate of drug-likeness (QED) is 0.748. The van der Waals surface area contributed by atoms with Gasteiger partial charge in [0.15, 0.2) is 0 Å². The van der Waals surface area contributed by atoms with E-state index >= 15 is 0 Å². The highest BCUT2D eigenvalue weighted by Crippen LogP contribution is 2.25. The summed E-state index contributed by atoms with van der Waals surface area (Å²) in [6.45, 7) is 6.02. The van der Waals surface area contributed by atoms with Crippen molar-refractivity contribution in [3.63, 3.8) is 0 Å². The maximum Gasteiger partial charge on any atom is 0.352 e. The topological polar surface area (TPSA) is 53.1 Å². The van der Waals surface area contributed by atoms with Gasteiger partial charge in [-0.25, -0.2) is 4.79 Å². The number of H-pyrrole nitrogens is 1. The Bertz CT molecular complexity index is 552. The fourth-order valence-corrected chi connectivity index (χ4v) is 1.88. The SMILES string of the molecule is Cc1cc(C)c2cc(C(=O)O)[nH]c2c1C. The molecule has 3 nitrogen and oxygen atoms in total. The van der Waals surface area contributed by atoms with Gasteiger partial charge >= 0.3 is 5.97 Å². The Kier molecular flexibility index (Phi) is 2.03. The van der Waals surface area contributed by atoms with Gasteiger partial charge in [0, 0.05) is 10.9 Å². The van der Waals surface area contributed by atoms with Crippen LogP contribution < -0.4 is 0 Å². The van der Waals surface area contributed by atoms with Crippen molar-refractivity contribution >= 4 is 16.9 Å². The standard InChI is InChI=1S/C12H13NO2/c1-6-4-7(2)9-5-10(12(14)15)13-11(9)8(6)3/h4-5,13H,1-3H3,(H,14,15). The monoisotopic (exact) mass is 203 g/mol. The first kappa shape index (κ1) is 9.77. The van der Waals surface area contributed by atoms with Crippen molar-refractivity contribution in [1.29, 1.82) is 0 Å². The summed E-state index contributed by atoms with van der Waals surface area (Å²) < 4.78 is 0. The van der Waals surface area contributed by atoms with E-state index in [-0.39, 0.29) is 5.69 Å². The summed E-state index contributed by atoms with van der Waals surface area (Å²) in [5, 5.41) is 9.90. The number of fused-ring (bicyclic) bond motifs is 1. The number of hydrogen-bond donors (Lipinski definition) is 2. The lowest BCUT2D eigenvalue weighted by atomic mass is 10.0. The smallest absolute Gasteiger partial charge is 0.352 e. The molecule has 2 rings (SSSR count). The zero-order valence-corrected chi connectivity index (χ0v) is 9.01. The Labute approximate surface area is 87.7 Å². The number of hydrogen-bond acceptors (Lipinski definition) is 1. The molecule has 2 N–H and O–H groups in total. The Morgan fingerprint density at radius 3 is 2.47 bits per heavy atom. The number of benzene rings is 1. The molecular formula is C12H13NO2. The second kappa shape index (κ2) is 3.12. The normalized spacial score (nSPS) is 10.9. The molecule has 2 aromatic rings. The van der Waals surface area contributed by atoms with Gasteiger partial charge in [-0.15, -0.1) is 0 Å². The van der Waals surface area contributed by atoms with Crippen LogP contribution in [0.1, 0.15) is 27.2 Å². The Balaban J connectivity index is 2.85. The fraction of sp³-hybridized carbons (Fsp3) is 0.250. The number of carboxylic acids is 1. The van der Waals surface area contributed by atoms with Gasteiger partial charge in [0.2, 0.25) is 0 Å². The van der Waals surface area contributed by atoms with E-state index in [2.05, 4.69) is 11.1 Å². The summed E-state index contributed by atoms with van der Waals surface area (Å²) in [5.41, 5.74) is 4.59. The van der Waals surface area contributed by atoms with E-state index in [0.717, 1.165) is 22.0 Å². The van der Waals surface area contributed by atoms with Crippen LogP contribution >= 0.6 is 0 Å². The van der Waals surface area contributed by atoms with Gasteiger partial charge in [0.25, 0.3) is 0 Å². The van der Waals surface area contributed by atoms with E-state index in [1.807, 2.05) is 20.8 Å². The minimum atomic E-state index is -0.914. The average molecular weight is 203 g/mol. The van der Waals surface area contributed by atoms with Crippen LogP contribution in [0.15, 0.2) is 12.1 Å². The Hall–Kier alpha value is -1.77. The van der Waals surface area contributed by atoms with Crippen molar-refractivity contribution in [2.24, 2.45) is 0 Å². The lowest BCUT2D eigenvalue weighted by molar-refractivity contribution is 0.0691. The third kappa shape index (κ3) is 1.40. The zero-order chi connectivity index (χ0) is 11.2. The van der Waals surface area contributed by atoms with Crippen LogP contribution in [0.2, 0.25) is 0 Å². The van der Waals surface area contributed by atoms with Crippen molar-refractivity contribution in [3.05, 3.63) is 34.5 Å². The van der Waals surface area contributed by atoms with Gasteiger partial charge < -0.3 is 10.1 Å². The maximum atomic E-state index is 10.8. The number of nitrogens with one attached hydrogen (secondary N) is 1. The molecule has 0 spiro atoms. The molecule has 0 radical (unpaired) electrons. The van der Waals surface area contributed by atoms with Crippen LogP contribution in [0.25, 0.3) is 10.9 Å². The van der Waals surface area contributed by atoms with Crippen LogP contribution in [0, 0.1) is 20.8 Å². The first-order valence-corrected chi connectivity index (χ1v) is 4.83. The minimum absolute atomic E-state index is 0.252. The van der Waals surface area contributed by atoms with Crippen LogP contribution in [0.5, 0.6) is 0 Å². The van der Waals surface area contributed by atoms with Crippen LogP contribution in [0.4, 0.5) is 0 Å². The summed E-state index contributed by atoms with van der Waals surface area (Å²) in [6, 6.07) is 3.77. The van der Waals surface area contributed by atoms with Crippen molar-refractivity contribution in [3.8, 4) is 0 Å². The van der Waals surface area contributed by atoms with E-state index < -0.39 is 5.97 Å². The average Bonchev–Trinajstić information content (AvgIpc) is 2.59. The lowest BCUT2D eigenvalue weighted by Crippen LogP contribution is -1.95. The lowest BCUT2D eigenvalue weighted by Gasteiger charge is -2.04. The number of aromatic amines is 1. The summed E-state index contributed by atoms with van der Waals surface area (Å²) >= 11 is 0. The molecule has 3 heteroatoms. The number of aromatic carboxylic acids is 1. The van der Waals surface area contributed by atoms with Crippen molar-refractivity contribution in [2.45, 2.75) is 20.8 Å². The molecule has 1 aromatic carbocycles. The molecule has 0 saturated heterocycles. The molecule has 0 aliphatic heterocycles. The van der Waals surface area contributed by atoms with Crippen LogP contribution in [-0.4, -0.2) is 16.1 Å². The minimum Gasteiger partial charge on any atom is -0.477 e. The van der Waals surface area contributed by atoms with Crippen molar-refractivity contribution < 1.29 is 9.90 Å². The van der Waals surface area contributed by atoms with Crippen LogP contribution in [-0.2, 0) is 0 Å². The van der Waals surface area contributed by atoms with Gasteiger partial charge in [0.1, 0.15) is 5.69 Å². The molecule has 0 aliphatic rings. The molecule has 0 saturated carbocycles. The molecule has 0 unspecified atom stereocenters. The highest BCUT2D eigenvalue weighted by atomic mass is 16.4. The number of carbonyl (C=O) groups is 1. The second-order valence-corrected chi connectivity index (χ2v) is 3.91. The number of carboxylic acid groups (broad SMARTS) is 1. The van der Waals surface area contributed by atoms with E-state index in [0.29, 0.717) is 0 Å². The van der Waals surface area contributed by atoms with Gasteiger partial charge in [0.05, 0.1) is 0 Å². The van der Waals surface area contributed by atoms with Crippen molar-refractivity contribution in [2.75, 3.05) is 0 Å². The van der Waals surface area contributed by atoms with E-state index in [1.54, 1.807) is 6.07 Å². The molecule has 1 heterocycles. The molecule has 0 aliphatic carbocycles. The molecule has 0 fully saturated rings. The Morgan fingerprint density at radius 2 is 1.87 bits per heavy atom. The van der Waals surface area contributed by atoms with Gasteiger partial charge in [-0.3, -0.25) is 0 Å². The van der Waals surface area contributed by atoms with E-state index in [9.17, 15) is 4.79 Å². The number of aromatic nitrogens is 1. The number of rotatable bonds is 1. The van der Waals surface area contributed by atoms with Crippen molar-refractivity contribution in [1.82, 2.24) is 4.98 Å². The predicted octanol–water partition coefficient (Wildman–Crippen LogP) is 2.79. The summed E-state index contributed by atoms with van der Waals surface area (Å²) in [6.07, 6.45) is 0. The third-order valence-electron chi connectivity index (χ3n) is 2.87. The summed E-state index contributed by atoms with van der Waals surface area (Å²) in [5.74, 6) is -0.914. The first-order valence-electron chi connectivity index (χ1n) is 4.83.